The lowest BCUT2D eigenvalue weighted by Gasteiger charge is -2.11. The Kier molecular flexibility index (Phi) is 6.11. The molecule has 0 fully saturated rings. The third-order valence-corrected chi connectivity index (χ3v) is 7.15. The van der Waals surface area contributed by atoms with Gasteiger partial charge in [0.25, 0.3) is 0 Å². The first-order valence-electron chi connectivity index (χ1n) is 10.2. The summed E-state index contributed by atoms with van der Waals surface area (Å²) in [5.74, 6) is 0.744. The Bertz CT molecular complexity index is 1420. The number of rotatable bonds is 7. The van der Waals surface area contributed by atoms with Crippen LogP contribution in [0.15, 0.2) is 82.7 Å². The van der Waals surface area contributed by atoms with Crippen LogP contribution in [0, 0.1) is 6.92 Å². The summed E-state index contributed by atoms with van der Waals surface area (Å²) >= 11 is 0. The average Bonchev–Trinajstić information content (AvgIpc) is 3.18. The average molecular weight is 465 g/mol. The number of hydrogen-bond acceptors (Lipinski definition) is 5. The van der Waals surface area contributed by atoms with E-state index in [1.54, 1.807) is 65.2 Å². The maximum Gasteiger partial charge on any atom is 0.244 e. The fraction of sp³-hybridized carbons (Fsp3) is 0.160. The number of anilines is 1. The van der Waals surface area contributed by atoms with Crippen LogP contribution in [-0.4, -0.2) is 33.1 Å². The Balaban J connectivity index is 1.65. The highest BCUT2D eigenvalue weighted by molar-refractivity contribution is 7.91. The standard InChI is InChI=1S/C25H24N2O5S/c1-17-8-11-19(12-9-17)33(29,30)24-15-27(21-7-5-4-6-20(21)24)16-25(28)26-18-10-13-22(31-2)23(14-18)32-3/h4-15H,16H2,1-3H3,(H,26,28). The van der Waals surface area contributed by atoms with E-state index in [4.69, 9.17) is 9.47 Å². The van der Waals surface area contributed by atoms with Crippen LogP contribution in [0.3, 0.4) is 0 Å². The van der Waals surface area contributed by atoms with Crippen molar-refractivity contribution in [2.24, 2.45) is 0 Å². The van der Waals surface area contributed by atoms with Crippen molar-refractivity contribution in [3.05, 3.63) is 78.5 Å². The predicted octanol–water partition coefficient (Wildman–Crippen LogP) is 4.44. The lowest BCUT2D eigenvalue weighted by Crippen LogP contribution is -2.18. The number of sulfone groups is 1. The highest BCUT2D eigenvalue weighted by Gasteiger charge is 2.24. The number of nitrogens with zero attached hydrogens (tertiary/aromatic N) is 1. The van der Waals surface area contributed by atoms with Gasteiger partial charge in [0.15, 0.2) is 11.5 Å². The number of amides is 1. The summed E-state index contributed by atoms with van der Waals surface area (Å²) < 4.78 is 38.8. The molecule has 33 heavy (non-hydrogen) atoms. The lowest BCUT2D eigenvalue weighted by atomic mass is 10.2. The molecule has 0 saturated carbocycles. The van der Waals surface area contributed by atoms with Crippen molar-refractivity contribution in [2.45, 2.75) is 23.3 Å². The minimum atomic E-state index is -3.76. The first-order chi connectivity index (χ1) is 15.8. The number of carbonyl (C=O) groups is 1. The van der Waals surface area contributed by atoms with E-state index >= 15 is 0 Å². The Hall–Kier alpha value is -3.78. The molecule has 0 radical (unpaired) electrons. The van der Waals surface area contributed by atoms with Gasteiger partial charge >= 0.3 is 0 Å². The van der Waals surface area contributed by atoms with E-state index in [-0.39, 0.29) is 22.2 Å². The summed E-state index contributed by atoms with van der Waals surface area (Å²) in [6.45, 7) is 1.84. The van der Waals surface area contributed by atoms with Crippen molar-refractivity contribution in [3.8, 4) is 11.5 Å². The van der Waals surface area contributed by atoms with Gasteiger partial charge in [-0.05, 0) is 37.3 Å². The number of methoxy groups -OCH3 is 2. The van der Waals surface area contributed by atoms with Crippen molar-refractivity contribution in [1.29, 1.82) is 0 Å². The molecule has 1 heterocycles. The smallest absolute Gasteiger partial charge is 0.244 e. The normalized spacial score (nSPS) is 11.4. The molecule has 170 valence electrons. The summed E-state index contributed by atoms with van der Waals surface area (Å²) in [6.07, 6.45) is 1.52. The van der Waals surface area contributed by atoms with Gasteiger partial charge in [-0.2, -0.15) is 0 Å². The molecular weight excluding hydrogens is 440 g/mol. The number of fused-ring (bicyclic) bond motifs is 1. The van der Waals surface area contributed by atoms with Crippen LogP contribution in [0.4, 0.5) is 5.69 Å². The van der Waals surface area contributed by atoms with E-state index in [0.717, 1.165) is 5.56 Å². The number of ether oxygens (including phenoxy) is 2. The molecule has 3 aromatic carbocycles. The van der Waals surface area contributed by atoms with E-state index < -0.39 is 9.84 Å². The SMILES string of the molecule is COc1ccc(NC(=O)Cn2cc(S(=O)(=O)c3ccc(C)cc3)c3ccccc32)cc1OC. The van der Waals surface area contributed by atoms with Crippen LogP contribution >= 0.6 is 0 Å². The van der Waals surface area contributed by atoms with Gasteiger partial charge in [-0.1, -0.05) is 35.9 Å². The molecule has 0 aliphatic heterocycles. The number of aryl methyl sites for hydroxylation is 1. The molecule has 0 aliphatic rings. The largest absolute Gasteiger partial charge is 0.493 e. The highest BCUT2D eigenvalue weighted by atomic mass is 32.2. The van der Waals surface area contributed by atoms with E-state index in [1.807, 2.05) is 13.0 Å². The molecule has 0 atom stereocenters. The Morgan fingerprint density at radius 3 is 2.33 bits per heavy atom. The van der Waals surface area contributed by atoms with Crippen LogP contribution in [0.2, 0.25) is 0 Å². The molecule has 0 spiro atoms. The van der Waals surface area contributed by atoms with E-state index in [1.165, 1.54) is 20.4 Å². The van der Waals surface area contributed by atoms with Crippen LogP contribution in [0.5, 0.6) is 11.5 Å². The summed E-state index contributed by atoms with van der Waals surface area (Å²) in [5, 5.41) is 3.39. The van der Waals surface area contributed by atoms with Gasteiger partial charge < -0.3 is 19.4 Å². The summed E-state index contributed by atoms with van der Waals surface area (Å²) in [6, 6.07) is 18.9. The minimum absolute atomic E-state index is 0.0573. The van der Waals surface area contributed by atoms with E-state index in [9.17, 15) is 13.2 Å². The van der Waals surface area contributed by atoms with Gasteiger partial charge in [0.05, 0.1) is 24.0 Å². The lowest BCUT2D eigenvalue weighted by molar-refractivity contribution is -0.116. The molecule has 0 aliphatic carbocycles. The maximum absolute atomic E-state index is 13.3. The van der Waals surface area contributed by atoms with Gasteiger partial charge in [-0.25, -0.2) is 8.42 Å². The third kappa shape index (κ3) is 4.42. The second kappa shape index (κ2) is 8.99. The maximum atomic E-state index is 13.3. The van der Waals surface area contributed by atoms with Gasteiger partial charge in [-0.3, -0.25) is 4.79 Å². The molecule has 1 N–H and O–H groups in total. The van der Waals surface area contributed by atoms with Crippen molar-refractivity contribution in [3.63, 3.8) is 0 Å². The molecule has 0 bridgehead atoms. The van der Waals surface area contributed by atoms with Crippen molar-refractivity contribution >= 4 is 32.3 Å². The Morgan fingerprint density at radius 2 is 1.64 bits per heavy atom. The van der Waals surface area contributed by atoms with E-state index in [0.29, 0.717) is 28.1 Å². The highest BCUT2D eigenvalue weighted by Crippen LogP contribution is 2.31. The minimum Gasteiger partial charge on any atom is -0.493 e. The molecule has 0 saturated heterocycles. The predicted molar refractivity (Wildman–Crippen MR) is 127 cm³/mol. The van der Waals surface area contributed by atoms with Gasteiger partial charge in [0, 0.05) is 28.9 Å². The van der Waals surface area contributed by atoms with Crippen LogP contribution < -0.4 is 14.8 Å². The number of carbonyl (C=O) groups excluding carboxylic acids is 1. The van der Waals surface area contributed by atoms with Gasteiger partial charge in [0.2, 0.25) is 15.7 Å². The zero-order chi connectivity index (χ0) is 23.6. The summed E-state index contributed by atoms with van der Waals surface area (Å²) in [4.78, 5) is 13.2. The zero-order valence-electron chi connectivity index (χ0n) is 18.5. The first-order valence-corrected chi connectivity index (χ1v) is 11.7. The van der Waals surface area contributed by atoms with Gasteiger partial charge in [0.1, 0.15) is 6.54 Å². The molecule has 7 nitrogen and oxygen atoms in total. The van der Waals surface area contributed by atoms with Gasteiger partial charge in [-0.15, -0.1) is 0 Å². The number of aromatic nitrogens is 1. The topological polar surface area (TPSA) is 86.6 Å². The second-order valence-corrected chi connectivity index (χ2v) is 9.49. The van der Waals surface area contributed by atoms with Crippen LogP contribution in [0.25, 0.3) is 10.9 Å². The summed E-state index contributed by atoms with van der Waals surface area (Å²) in [7, 11) is -0.699. The number of para-hydroxylation sites is 1. The molecule has 0 unspecified atom stereocenters. The number of nitrogens with one attached hydrogen (secondary N) is 1. The second-order valence-electron chi connectivity index (χ2n) is 7.57. The molecule has 8 heteroatoms. The van der Waals surface area contributed by atoms with E-state index in [2.05, 4.69) is 5.32 Å². The molecule has 1 amide bonds. The fourth-order valence-corrected chi connectivity index (χ4v) is 5.15. The summed E-state index contributed by atoms with van der Waals surface area (Å²) in [5.41, 5.74) is 2.18. The molecular formula is C25H24N2O5S. The third-order valence-electron chi connectivity index (χ3n) is 5.35. The van der Waals surface area contributed by atoms with Crippen molar-refractivity contribution < 1.29 is 22.7 Å². The number of benzene rings is 3. The monoisotopic (exact) mass is 464 g/mol. The number of hydrogen-bond donors (Lipinski definition) is 1. The zero-order valence-corrected chi connectivity index (χ0v) is 19.3. The Morgan fingerprint density at radius 1 is 0.939 bits per heavy atom. The quantitative estimate of drug-likeness (QED) is 0.437. The fourth-order valence-electron chi connectivity index (χ4n) is 3.67. The van der Waals surface area contributed by atoms with Crippen LogP contribution in [0.1, 0.15) is 5.56 Å². The first kappa shape index (κ1) is 22.4. The molecule has 1 aromatic heterocycles. The van der Waals surface area contributed by atoms with Crippen molar-refractivity contribution in [2.75, 3.05) is 19.5 Å². The van der Waals surface area contributed by atoms with Crippen molar-refractivity contribution in [1.82, 2.24) is 4.57 Å². The van der Waals surface area contributed by atoms with Crippen LogP contribution in [-0.2, 0) is 21.2 Å². The molecule has 4 aromatic rings. The molecule has 4 rings (SSSR count). The Labute approximate surface area is 192 Å².